The van der Waals surface area contributed by atoms with E-state index in [4.69, 9.17) is 9.47 Å². The Morgan fingerprint density at radius 2 is 2.11 bits per heavy atom. The predicted molar refractivity (Wildman–Crippen MR) is 107 cm³/mol. The monoisotopic (exact) mass is 387 g/mol. The number of hydrogen-bond acceptors (Lipinski definition) is 5. The lowest BCUT2D eigenvalue weighted by molar-refractivity contribution is 0.0526. The van der Waals surface area contributed by atoms with Crippen LogP contribution in [0.5, 0.6) is 5.75 Å². The Morgan fingerprint density at radius 1 is 1.30 bits per heavy atom. The van der Waals surface area contributed by atoms with Gasteiger partial charge in [-0.2, -0.15) is 0 Å². The molecule has 0 saturated heterocycles. The fourth-order valence-corrected chi connectivity index (χ4v) is 4.79. The van der Waals surface area contributed by atoms with Crippen LogP contribution >= 0.6 is 11.3 Å². The Morgan fingerprint density at radius 3 is 2.81 bits per heavy atom. The van der Waals surface area contributed by atoms with Gasteiger partial charge in [0.25, 0.3) is 5.91 Å². The number of methoxy groups -OCH3 is 1. The Balaban J connectivity index is 1.92. The van der Waals surface area contributed by atoms with Crippen LogP contribution in [0.3, 0.4) is 0 Å². The molecule has 27 heavy (non-hydrogen) atoms. The summed E-state index contributed by atoms with van der Waals surface area (Å²) in [7, 11) is 1.56. The largest absolute Gasteiger partial charge is 0.497 e. The summed E-state index contributed by atoms with van der Waals surface area (Å²) in [5.74, 6) is 0.633. The second kappa shape index (κ2) is 8.57. The summed E-state index contributed by atoms with van der Waals surface area (Å²) >= 11 is 1.50. The molecule has 1 unspecified atom stereocenters. The molecule has 6 heteroatoms. The van der Waals surface area contributed by atoms with Gasteiger partial charge in [-0.25, -0.2) is 4.79 Å². The summed E-state index contributed by atoms with van der Waals surface area (Å²) in [5.41, 5.74) is 2.06. The Labute approximate surface area is 163 Å². The van der Waals surface area contributed by atoms with E-state index in [9.17, 15) is 9.59 Å². The number of hydrogen-bond donors (Lipinski definition) is 1. The number of rotatable bonds is 6. The second-order valence-corrected chi connectivity index (χ2v) is 7.74. The highest BCUT2D eigenvalue weighted by molar-refractivity contribution is 7.17. The molecule has 1 N–H and O–H groups in total. The molecule has 0 bridgehead atoms. The maximum Gasteiger partial charge on any atom is 0.341 e. The van der Waals surface area contributed by atoms with E-state index in [-0.39, 0.29) is 11.9 Å². The number of carbonyl (C=O) groups is 2. The SMILES string of the molecule is CCOC(=O)c1c(NC(=O)c2cccc(OC)c2)sc2c1CCC(CC)C2. The molecule has 0 saturated carbocycles. The zero-order valence-corrected chi connectivity index (χ0v) is 16.8. The molecule has 1 aromatic carbocycles. The number of esters is 1. The van der Waals surface area contributed by atoms with Crippen LogP contribution in [0.25, 0.3) is 0 Å². The summed E-state index contributed by atoms with van der Waals surface area (Å²) in [6.45, 7) is 4.30. The van der Waals surface area contributed by atoms with Gasteiger partial charge in [0, 0.05) is 10.4 Å². The average molecular weight is 388 g/mol. The van der Waals surface area contributed by atoms with Gasteiger partial charge in [0.15, 0.2) is 0 Å². The summed E-state index contributed by atoms with van der Waals surface area (Å²) < 4.78 is 10.5. The number of fused-ring (bicyclic) bond motifs is 1. The molecule has 1 aliphatic carbocycles. The number of anilines is 1. The van der Waals surface area contributed by atoms with Crippen molar-refractivity contribution >= 4 is 28.2 Å². The topological polar surface area (TPSA) is 64.6 Å². The first-order valence-corrected chi connectivity index (χ1v) is 10.2. The zero-order valence-electron chi connectivity index (χ0n) is 16.0. The lowest BCUT2D eigenvalue weighted by Crippen LogP contribution is -2.17. The first-order chi connectivity index (χ1) is 13.1. The van der Waals surface area contributed by atoms with Crippen molar-refractivity contribution in [3.05, 3.63) is 45.8 Å². The molecule has 0 radical (unpaired) electrons. The van der Waals surface area contributed by atoms with Gasteiger partial charge in [-0.1, -0.05) is 19.4 Å². The van der Waals surface area contributed by atoms with Gasteiger partial charge >= 0.3 is 5.97 Å². The van der Waals surface area contributed by atoms with Gasteiger partial charge in [-0.05, 0) is 55.9 Å². The van der Waals surface area contributed by atoms with Crippen LogP contribution in [-0.4, -0.2) is 25.6 Å². The molecule has 0 spiro atoms. The maximum atomic E-state index is 12.7. The van der Waals surface area contributed by atoms with E-state index in [0.717, 1.165) is 31.2 Å². The molecule has 2 aromatic rings. The van der Waals surface area contributed by atoms with Crippen LogP contribution < -0.4 is 10.1 Å². The van der Waals surface area contributed by atoms with Crippen molar-refractivity contribution in [2.24, 2.45) is 5.92 Å². The normalized spacial score (nSPS) is 15.7. The molecule has 1 heterocycles. The van der Waals surface area contributed by atoms with E-state index in [1.165, 1.54) is 16.2 Å². The Hall–Kier alpha value is -2.34. The minimum absolute atomic E-state index is 0.259. The predicted octanol–water partition coefficient (Wildman–Crippen LogP) is 4.70. The van der Waals surface area contributed by atoms with Crippen molar-refractivity contribution in [3.63, 3.8) is 0 Å². The molecule has 1 aliphatic rings. The summed E-state index contributed by atoms with van der Waals surface area (Å²) in [6, 6.07) is 6.96. The first kappa shape index (κ1) is 19.4. The third-order valence-corrected chi connectivity index (χ3v) is 6.15. The number of ether oxygens (including phenoxy) is 2. The molecule has 1 amide bonds. The molecule has 3 rings (SSSR count). The molecule has 0 aliphatic heterocycles. The smallest absolute Gasteiger partial charge is 0.341 e. The highest BCUT2D eigenvalue weighted by atomic mass is 32.1. The van der Waals surface area contributed by atoms with Gasteiger partial charge in [0.1, 0.15) is 10.8 Å². The van der Waals surface area contributed by atoms with E-state index in [2.05, 4.69) is 12.2 Å². The Bertz CT molecular complexity index is 843. The molecule has 1 atom stereocenters. The summed E-state index contributed by atoms with van der Waals surface area (Å²) in [6.07, 6.45) is 4.00. The standard InChI is InChI=1S/C21H25NO4S/c1-4-13-9-10-16-17(11-13)27-20(18(16)21(24)26-5-2)22-19(23)14-7-6-8-15(12-14)25-3/h6-8,12-13H,4-5,9-11H2,1-3H3,(H,22,23). The molecular formula is C21H25NO4S. The van der Waals surface area contributed by atoms with Crippen LogP contribution in [0.2, 0.25) is 0 Å². The summed E-state index contributed by atoms with van der Waals surface area (Å²) in [5, 5.41) is 3.52. The minimum Gasteiger partial charge on any atom is -0.497 e. The molecule has 1 aromatic heterocycles. The number of benzene rings is 1. The summed E-state index contributed by atoms with van der Waals surface area (Å²) in [4.78, 5) is 26.5. The van der Waals surface area contributed by atoms with Gasteiger partial charge < -0.3 is 14.8 Å². The van der Waals surface area contributed by atoms with Crippen molar-refractivity contribution in [1.82, 2.24) is 0 Å². The molecule has 144 valence electrons. The van der Waals surface area contributed by atoms with Gasteiger partial charge in [-0.3, -0.25) is 4.79 Å². The van der Waals surface area contributed by atoms with Gasteiger partial charge in [-0.15, -0.1) is 11.3 Å². The van der Waals surface area contributed by atoms with Gasteiger partial charge in [0.05, 0.1) is 19.3 Å². The third kappa shape index (κ3) is 4.16. The van der Waals surface area contributed by atoms with E-state index in [1.54, 1.807) is 38.3 Å². The van der Waals surface area contributed by atoms with Crippen LogP contribution in [0.1, 0.15) is 57.8 Å². The molecule has 5 nitrogen and oxygen atoms in total. The molecular weight excluding hydrogens is 362 g/mol. The molecule has 0 fully saturated rings. The van der Waals surface area contributed by atoms with Crippen molar-refractivity contribution in [2.45, 2.75) is 39.5 Å². The lowest BCUT2D eigenvalue weighted by atomic mass is 9.85. The van der Waals surface area contributed by atoms with Crippen molar-refractivity contribution < 1.29 is 19.1 Å². The second-order valence-electron chi connectivity index (χ2n) is 6.63. The third-order valence-electron chi connectivity index (χ3n) is 4.98. The minimum atomic E-state index is -0.356. The Kier molecular flexibility index (Phi) is 6.16. The number of carbonyl (C=O) groups excluding carboxylic acids is 2. The lowest BCUT2D eigenvalue weighted by Gasteiger charge is -2.20. The highest BCUT2D eigenvalue weighted by Gasteiger charge is 2.30. The fraction of sp³-hybridized carbons (Fsp3) is 0.429. The van der Waals surface area contributed by atoms with Crippen molar-refractivity contribution in [1.29, 1.82) is 0 Å². The zero-order chi connectivity index (χ0) is 19.4. The van der Waals surface area contributed by atoms with E-state index >= 15 is 0 Å². The van der Waals surface area contributed by atoms with Crippen LogP contribution in [-0.2, 0) is 17.6 Å². The van der Waals surface area contributed by atoms with E-state index < -0.39 is 0 Å². The van der Waals surface area contributed by atoms with Crippen LogP contribution in [0.4, 0.5) is 5.00 Å². The van der Waals surface area contributed by atoms with Crippen molar-refractivity contribution in [2.75, 3.05) is 19.0 Å². The van der Waals surface area contributed by atoms with Crippen molar-refractivity contribution in [3.8, 4) is 5.75 Å². The average Bonchev–Trinajstić information content (AvgIpc) is 3.04. The number of amides is 1. The fourth-order valence-electron chi connectivity index (χ4n) is 3.45. The first-order valence-electron chi connectivity index (χ1n) is 9.34. The number of nitrogens with one attached hydrogen (secondary N) is 1. The van der Waals surface area contributed by atoms with E-state index in [1.807, 2.05) is 0 Å². The van der Waals surface area contributed by atoms with E-state index in [0.29, 0.717) is 34.4 Å². The number of thiophene rings is 1. The maximum absolute atomic E-state index is 12.7. The van der Waals surface area contributed by atoms with Gasteiger partial charge in [0.2, 0.25) is 0 Å². The highest BCUT2D eigenvalue weighted by Crippen LogP contribution is 2.41. The van der Waals surface area contributed by atoms with Crippen LogP contribution in [0.15, 0.2) is 24.3 Å². The van der Waals surface area contributed by atoms with Crippen LogP contribution in [0, 0.1) is 5.92 Å². The quantitative estimate of drug-likeness (QED) is 0.730.